The molecule has 10 heteroatoms. The number of nitrogens with one attached hydrogen (secondary N) is 3. The number of carbonyl (C=O) groups excluding carboxylic acids is 4. The molecule has 2 aromatic carbocycles. The van der Waals surface area contributed by atoms with Gasteiger partial charge in [0.05, 0.1) is 0 Å². The molecule has 0 saturated carbocycles. The van der Waals surface area contributed by atoms with Crippen LogP contribution in [-0.2, 0) is 14.4 Å². The molecule has 1 aliphatic rings. The summed E-state index contributed by atoms with van der Waals surface area (Å²) in [4.78, 5) is 47.0. The Bertz CT molecular complexity index is 1010. The molecule has 1 saturated heterocycles. The predicted octanol–water partition coefficient (Wildman–Crippen LogP) is 2.36. The van der Waals surface area contributed by atoms with Crippen LogP contribution in [0.3, 0.4) is 0 Å². The van der Waals surface area contributed by atoms with Gasteiger partial charge in [0, 0.05) is 15.7 Å². The summed E-state index contributed by atoms with van der Waals surface area (Å²) in [6.07, 6.45) is 1.25. The van der Waals surface area contributed by atoms with Crippen LogP contribution in [0.15, 0.2) is 52.5 Å². The fourth-order valence-electron chi connectivity index (χ4n) is 2.40. The summed E-state index contributed by atoms with van der Waals surface area (Å²) in [5.74, 6) is -2.38. The van der Waals surface area contributed by atoms with Crippen molar-refractivity contribution in [1.29, 1.82) is 0 Å². The second kappa shape index (κ2) is 8.65. The van der Waals surface area contributed by atoms with E-state index in [9.17, 15) is 23.6 Å². The normalized spacial score (nSPS) is 13.4. The third-order valence-corrected chi connectivity index (χ3v) is 4.20. The Labute approximate surface area is 172 Å². The quantitative estimate of drug-likeness (QED) is 0.467. The van der Waals surface area contributed by atoms with Crippen molar-refractivity contribution in [2.24, 2.45) is 0 Å². The number of halogens is 2. The molecular formula is C19H13BrFN3O5. The Morgan fingerprint density at radius 2 is 1.72 bits per heavy atom. The molecule has 1 fully saturated rings. The Morgan fingerprint density at radius 1 is 1.07 bits per heavy atom. The number of urea groups is 1. The number of hydrogen-bond acceptors (Lipinski definition) is 5. The van der Waals surface area contributed by atoms with Gasteiger partial charge in [-0.15, -0.1) is 0 Å². The molecule has 0 aromatic heterocycles. The molecule has 0 unspecified atom stereocenters. The monoisotopic (exact) mass is 461 g/mol. The Kier molecular flexibility index (Phi) is 6.03. The van der Waals surface area contributed by atoms with E-state index in [0.29, 0.717) is 15.7 Å². The van der Waals surface area contributed by atoms with Crippen molar-refractivity contribution in [2.45, 2.75) is 0 Å². The highest BCUT2D eigenvalue weighted by Crippen LogP contribution is 2.26. The first-order valence-corrected chi connectivity index (χ1v) is 8.97. The SMILES string of the molecule is O=C(COc1ccc(Br)cc1C=C1C(=O)NC(=O)NC1=O)Nc1ccc(F)cc1. The van der Waals surface area contributed by atoms with Crippen LogP contribution in [0.1, 0.15) is 5.56 Å². The minimum absolute atomic E-state index is 0.229. The highest BCUT2D eigenvalue weighted by Gasteiger charge is 2.28. The molecule has 3 rings (SSSR count). The first-order chi connectivity index (χ1) is 13.8. The average Bonchev–Trinajstić information content (AvgIpc) is 2.66. The lowest BCUT2D eigenvalue weighted by Crippen LogP contribution is -2.51. The van der Waals surface area contributed by atoms with E-state index in [1.807, 2.05) is 10.6 Å². The van der Waals surface area contributed by atoms with Gasteiger partial charge in [-0.3, -0.25) is 25.0 Å². The van der Waals surface area contributed by atoms with E-state index in [1.165, 1.54) is 30.3 Å². The number of imide groups is 2. The van der Waals surface area contributed by atoms with Crippen LogP contribution < -0.4 is 20.7 Å². The zero-order valence-electron chi connectivity index (χ0n) is 14.6. The average molecular weight is 462 g/mol. The van der Waals surface area contributed by atoms with Gasteiger partial charge in [-0.1, -0.05) is 15.9 Å². The highest BCUT2D eigenvalue weighted by molar-refractivity contribution is 9.10. The van der Waals surface area contributed by atoms with E-state index in [4.69, 9.17) is 4.74 Å². The summed E-state index contributed by atoms with van der Waals surface area (Å²) < 4.78 is 19.1. The highest BCUT2D eigenvalue weighted by atomic mass is 79.9. The number of anilines is 1. The lowest BCUT2D eigenvalue weighted by molar-refractivity contribution is -0.124. The summed E-state index contributed by atoms with van der Waals surface area (Å²) in [5, 5.41) is 6.50. The van der Waals surface area contributed by atoms with Gasteiger partial charge in [0.1, 0.15) is 17.1 Å². The third kappa shape index (κ3) is 5.26. The lowest BCUT2D eigenvalue weighted by atomic mass is 10.1. The molecule has 8 nitrogen and oxygen atoms in total. The zero-order chi connectivity index (χ0) is 21.0. The molecule has 2 aromatic rings. The maximum atomic E-state index is 12.9. The number of rotatable bonds is 5. The largest absolute Gasteiger partial charge is 0.483 e. The van der Waals surface area contributed by atoms with E-state index >= 15 is 0 Å². The van der Waals surface area contributed by atoms with Crippen LogP contribution in [0.25, 0.3) is 6.08 Å². The second-order valence-electron chi connectivity index (χ2n) is 5.82. The molecule has 1 heterocycles. The first-order valence-electron chi connectivity index (χ1n) is 8.18. The molecule has 5 amide bonds. The van der Waals surface area contributed by atoms with Gasteiger partial charge in [-0.2, -0.15) is 0 Å². The summed E-state index contributed by atoms with van der Waals surface area (Å²) in [6.45, 7) is -0.369. The van der Waals surface area contributed by atoms with Crippen molar-refractivity contribution in [3.05, 3.63) is 63.9 Å². The Morgan fingerprint density at radius 3 is 2.38 bits per heavy atom. The lowest BCUT2D eigenvalue weighted by Gasteiger charge is -2.15. The van der Waals surface area contributed by atoms with E-state index in [1.54, 1.807) is 18.2 Å². The molecule has 3 N–H and O–H groups in total. The van der Waals surface area contributed by atoms with E-state index < -0.39 is 29.6 Å². The van der Waals surface area contributed by atoms with Crippen molar-refractivity contribution in [2.75, 3.05) is 11.9 Å². The molecule has 0 bridgehead atoms. The smallest absolute Gasteiger partial charge is 0.328 e. The summed E-state index contributed by atoms with van der Waals surface area (Å²) in [6, 6.07) is 9.11. The zero-order valence-corrected chi connectivity index (χ0v) is 16.2. The van der Waals surface area contributed by atoms with Gasteiger partial charge in [0.25, 0.3) is 17.7 Å². The van der Waals surface area contributed by atoms with Crippen LogP contribution in [0.5, 0.6) is 5.75 Å². The standard InChI is InChI=1S/C19H13BrFN3O5/c20-11-1-6-15(29-9-16(25)22-13-4-2-12(21)3-5-13)10(7-11)8-14-17(26)23-19(28)24-18(14)27/h1-8H,9H2,(H,22,25)(H2,23,24,26,27,28). The maximum absolute atomic E-state index is 12.9. The van der Waals surface area contributed by atoms with Crippen LogP contribution in [-0.4, -0.2) is 30.4 Å². The fourth-order valence-corrected chi connectivity index (χ4v) is 2.78. The summed E-state index contributed by atoms with van der Waals surface area (Å²) in [7, 11) is 0. The van der Waals surface area contributed by atoms with Crippen LogP contribution in [0.4, 0.5) is 14.9 Å². The van der Waals surface area contributed by atoms with Crippen LogP contribution in [0.2, 0.25) is 0 Å². The number of benzene rings is 2. The number of ether oxygens (including phenoxy) is 1. The molecule has 0 atom stereocenters. The minimum Gasteiger partial charge on any atom is -0.483 e. The van der Waals surface area contributed by atoms with Gasteiger partial charge in [-0.25, -0.2) is 9.18 Å². The number of barbiturate groups is 1. The first kappa shape index (κ1) is 20.2. The van der Waals surface area contributed by atoms with Gasteiger partial charge < -0.3 is 10.1 Å². The molecule has 0 radical (unpaired) electrons. The minimum atomic E-state index is -0.902. The summed E-state index contributed by atoms with van der Waals surface area (Å²) >= 11 is 3.28. The van der Waals surface area contributed by atoms with Gasteiger partial charge in [0.15, 0.2) is 6.61 Å². The van der Waals surface area contributed by atoms with Crippen molar-refractivity contribution in [3.8, 4) is 5.75 Å². The van der Waals surface area contributed by atoms with Crippen molar-refractivity contribution < 1.29 is 28.3 Å². The Hall–Kier alpha value is -3.53. The molecule has 1 aliphatic heterocycles. The molecular weight excluding hydrogens is 449 g/mol. The van der Waals surface area contributed by atoms with E-state index in [-0.39, 0.29) is 17.9 Å². The van der Waals surface area contributed by atoms with Crippen molar-refractivity contribution >= 4 is 51.4 Å². The number of hydrogen-bond donors (Lipinski definition) is 3. The third-order valence-electron chi connectivity index (χ3n) is 3.70. The van der Waals surface area contributed by atoms with Gasteiger partial charge >= 0.3 is 6.03 Å². The van der Waals surface area contributed by atoms with Gasteiger partial charge in [0.2, 0.25) is 0 Å². The second-order valence-corrected chi connectivity index (χ2v) is 6.74. The molecule has 0 spiro atoms. The molecule has 148 valence electrons. The van der Waals surface area contributed by atoms with Crippen LogP contribution in [0, 0.1) is 5.82 Å². The number of carbonyl (C=O) groups is 4. The van der Waals surface area contributed by atoms with E-state index in [2.05, 4.69) is 21.2 Å². The maximum Gasteiger partial charge on any atom is 0.328 e. The van der Waals surface area contributed by atoms with E-state index in [0.717, 1.165) is 0 Å². The van der Waals surface area contributed by atoms with Crippen molar-refractivity contribution in [3.63, 3.8) is 0 Å². The summed E-state index contributed by atoms with van der Waals surface area (Å²) in [5.41, 5.74) is 0.449. The molecule has 29 heavy (non-hydrogen) atoms. The Balaban J connectivity index is 1.75. The van der Waals surface area contributed by atoms with Crippen LogP contribution >= 0.6 is 15.9 Å². The number of amides is 5. The fraction of sp³-hybridized carbons (Fsp3) is 0.0526. The molecule has 0 aliphatic carbocycles. The van der Waals surface area contributed by atoms with Gasteiger partial charge in [-0.05, 0) is 48.5 Å². The topological polar surface area (TPSA) is 114 Å². The van der Waals surface area contributed by atoms with Crippen molar-refractivity contribution in [1.82, 2.24) is 10.6 Å². The predicted molar refractivity (Wildman–Crippen MR) is 104 cm³/mol.